The largest absolute Gasteiger partial charge is 0.481 e. The fourth-order valence-electron chi connectivity index (χ4n) is 2.46. The Bertz CT molecular complexity index is 791. The number of aryl methyl sites for hydroxylation is 1. The molecular weight excluding hydrogens is 374 g/mol. The molecule has 2 N–H and O–H groups in total. The highest BCUT2D eigenvalue weighted by molar-refractivity contribution is 7.15. The molecule has 2 rings (SSSR count). The summed E-state index contributed by atoms with van der Waals surface area (Å²) >= 11 is 7.44. The number of carboxylic acids is 1. The molecule has 0 fully saturated rings. The molecule has 2 aromatic rings. The summed E-state index contributed by atoms with van der Waals surface area (Å²) in [5.41, 5.74) is 1.83. The van der Waals surface area contributed by atoms with E-state index in [-0.39, 0.29) is 18.6 Å². The number of carbonyl (C=O) groups is 2. The van der Waals surface area contributed by atoms with Crippen LogP contribution < -0.4 is 5.32 Å². The smallest absolute Gasteiger partial charge is 0.317 e. The third-order valence-corrected chi connectivity index (χ3v) is 5.61. The van der Waals surface area contributed by atoms with Gasteiger partial charge in [0.25, 0.3) is 0 Å². The van der Waals surface area contributed by atoms with Crippen molar-refractivity contribution in [3.05, 3.63) is 39.9 Å². The first-order valence-corrected chi connectivity index (χ1v) is 9.36. The topological polar surface area (TPSA) is 82.5 Å². The average molecular weight is 396 g/mol. The lowest BCUT2D eigenvalue weighted by Crippen LogP contribution is -2.41. The normalized spacial score (nSPS) is 13.1. The van der Waals surface area contributed by atoms with Crippen LogP contribution in [0, 0.1) is 12.8 Å². The molecule has 6 nitrogen and oxygen atoms in total. The summed E-state index contributed by atoms with van der Waals surface area (Å²) in [5.74, 6) is -1.55. The summed E-state index contributed by atoms with van der Waals surface area (Å²) in [4.78, 5) is 30.2. The molecular formula is C18H22ClN3O3S. The maximum atomic E-state index is 12.3. The van der Waals surface area contributed by atoms with Crippen LogP contribution in [0.1, 0.15) is 30.5 Å². The van der Waals surface area contributed by atoms with Gasteiger partial charge in [0.2, 0.25) is 0 Å². The number of thiazole rings is 1. The number of carboxylic acid groups (broad SMARTS) is 1. The summed E-state index contributed by atoms with van der Waals surface area (Å²) < 4.78 is 0. The van der Waals surface area contributed by atoms with Crippen molar-refractivity contribution in [1.82, 2.24) is 15.2 Å². The number of amides is 2. The summed E-state index contributed by atoms with van der Waals surface area (Å²) in [6.45, 7) is 5.51. The Hall–Kier alpha value is -2.12. The van der Waals surface area contributed by atoms with Gasteiger partial charge in [-0.3, -0.25) is 4.79 Å². The minimum absolute atomic E-state index is 0.144. The first kappa shape index (κ1) is 20.2. The Morgan fingerprint density at radius 1 is 1.31 bits per heavy atom. The van der Waals surface area contributed by atoms with E-state index in [0.29, 0.717) is 5.02 Å². The number of hydrogen-bond donors (Lipinski definition) is 2. The van der Waals surface area contributed by atoms with E-state index < -0.39 is 11.9 Å². The highest BCUT2D eigenvalue weighted by Gasteiger charge is 2.21. The van der Waals surface area contributed by atoms with Crippen LogP contribution >= 0.6 is 22.9 Å². The third-order valence-electron chi connectivity index (χ3n) is 3.97. The second kappa shape index (κ2) is 8.51. The molecule has 2 amide bonds. The molecule has 1 aromatic heterocycles. The Balaban J connectivity index is 2.07. The zero-order valence-electron chi connectivity index (χ0n) is 15.1. The summed E-state index contributed by atoms with van der Waals surface area (Å²) in [7, 11) is 1.58. The molecule has 26 heavy (non-hydrogen) atoms. The molecule has 0 saturated carbocycles. The first-order valence-electron chi connectivity index (χ1n) is 8.16. The second-order valence-corrected chi connectivity index (χ2v) is 7.73. The zero-order valence-corrected chi connectivity index (χ0v) is 16.7. The van der Waals surface area contributed by atoms with Crippen LogP contribution in [0.5, 0.6) is 0 Å². The number of benzene rings is 1. The average Bonchev–Trinajstić information content (AvgIpc) is 2.97. The van der Waals surface area contributed by atoms with E-state index in [4.69, 9.17) is 16.7 Å². The van der Waals surface area contributed by atoms with Crippen LogP contribution in [0.3, 0.4) is 0 Å². The number of rotatable bonds is 6. The molecule has 0 aliphatic heterocycles. The maximum Gasteiger partial charge on any atom is 0.317 e. The fraction of sp³-hybridized carbons (Fsp3) is 0.389. The van der Waals surface area contributed by atoms with Gasteiger partial charge >= 0.3 is 12.0 Å². The molecule has 0 aliphatic rings. The molecule has 1 aromatic carbocycles. The highest BCUT2D eigenvalue weighted by atomic mass is 35.5. The van der Waals surface area contributed by atoms with Gasteiger partial charge in [-0.1, -0.05) is 30.7 Å². The van der Waals surface area contributed by atoms with Gasteiger partial charge in [0.05, 0.1) is 22.5 Å². The van der Waals surface area contributed by atoms with Gasteiger partial charge in [-0.15, -0.1) is 11.3 Å². The first-order chi connectivity index (χ1) is 12.2. The van der Waals surface area contributed by atoms with Crippen molar-refractivity contribution in [2.24, 2.45) is 5.92 Å². The quantitative estimate of drug-likeness (QED) is 0.768. The molecule has 0 radical (unpaired) electrons. The summed E-state index contributed by atoms with van der Waals surface area (Å²) in [6, 6.07) is 6.91. The molecule has 2 unspecified atom stereocenters. The predicted octanol–water partition coefficient (Wildman–Crippen LogP) is 4.20. The van der Waals surface area contributed by atoms with Gasteiger partial charge in [-0.25, -0.2) is 9.78 Å². The van der Waals surface area contributed by atoms with E-state index in [2.05, 4.69) is 10.3 Å². The van der Waals surface area contributed by atoms with Crippen LogP contribution in [-0.2, 0) is 4.79 Å². The van der Waals surface area contributed by atoms with Crippen molar-refractivity contribution >= 4 is 34.9 Å². The minimum atomic E-state index is -0.927. The lowest BCUT2D eigenvalue weighted by Gasteiger charge is -2.22. The van der Waals surface area contributed by atoms with E-state index >= 15 is 0 Å². The van der Waals surface area contributed by atoms with Crippen molar-refractivity contribution < 1.29 is 14.7 Å². The lowest BCUT2D eigenvalue weighted by molar-refractivity contribution is -0.141. The lowest BCUT2D eigenvalue weighted by atomic mass is 10.2. The number of halogens is 1. The molecule has 8 heteroatoms. The van der Waals surface area contributed by atoms with Crippen LogP contribution in [0.4, 0.5) is 4.79 Å². The Labute approximate surface area is 161 Å². The molecule has 140 valence electrons. The van der Waals surface area contributed by atoms with Gasteiger partial charge in [-0.05, 0) is 26.0 Å². The number of nitrogens with zero attached hydrogens (tertiary/aromatic N) is 2. The predicted molar refractivity (Wildman–Crippen MR) is 104 cm³/mol. The van der Waals surface area contributed by atoms with Gasteiger partial charge < -0.3 is 15.3 Å². The van der Waals surface area contributed by atoms with Crippen molar-refractivity contribution in [3.63, 3.8) is 0 Å². The summed E-state index contributed by atoms with van der Waals surface area (Å²) in [6.07, 6.45) is 0. The van der Waals surface area contributed by atoms with Gasteiger partial charge in [0.1, 0.15) is 5.01 Å². The van der Waals surface area contributed by atoms with Crippen LogP contribution in [0.25, 0.3) is 10.6 Å². The monoisotopic (exact) mass is 395 g/mol. The Morgan fingerprint density at radius 2 is 1.92 bits per heavy atom. The highest BCUT2D eigenvalue weighted by Crippen LogP contribution is 2.32. The maximum absolute atomic E-state index is 12.3. The number of carbonyl (C=O) groups excluding carboxylic acids is 1. The fourth-order valence-corrected chi connectivity index (χ4v) is 3.66. The Morgan fingerprint density at radius 3 is 2.50 bits per heavy atom. The molecule has 0 saturated heterocycles. The molecule has 0 spiro atoms. The van der Waals surface area contributed by atoms with Crippen molar-refractivity contribution in [1.29, 1.82) is 0 Å². The summed E-state index contributed by atoms with van der Waals surface area (Å²) in [5, 5.41) is 13.4. The Kier molecular flexibility index (Phi) is 6.61. The van der Waals surface area contributed by atoms with Gasteiger partial charge in [0, 0.05) is 24.2 Å². The van der Waals surface area contributed by atoms with Crippen LogP contribution in [-0.4, -0.2) is 40.6 Å². The van der Waals surface area contributed by atoms with E-state index in [1.54, 1.807) is 14.0 Å². The van der Waals surface area contributed by atoms with Crippen molar-refractivity contribution in [2.45, 2.75) is 26.8 Å². The zero-order chi connectivity index (χ0) is 19.4. The number of urea groups is 1. The van der Waals surface area contributed by atoms with Crippen molar-refractivity contribution in [2.75, 3.05) is 13.6 Å². The number of nitrogens with one attached hydrogen (secondary N) is 1. The number of hydrogen-bond acceptors (Lipinski definition) is 4. The van der Waals surface area contributed by atoms with Gasteiger partial charge in [0.15, 0.2) is 0 Å². The van der Waals surface area contributed by atoms with E-state index in [0.717, 1.165) is 21.1 Å². The standard InChI is InChI=1S/C18H22ClN3O3S/c1-10(17(23)24)9-22(4)18(25)21-12(3)15-11(2)20-16(26-15)13-5-7-14(19)8-6-13/h5-8,10,12H,9H2,1-4H3,(H,21,25)(H,23,24). The number of aromatic nitrogens is 1. The van der Waals surface area contributed by atoms with Crippen LogP contribution in [0.15, 0.2) is 24.3 Å². The van der Waals surface area contributed by atoms with Crippen molar-refractivity contribution in [3.8, 4) is 10.6 Å². The molecule has 0 aliphatic carbocycles. The SMILES string of the molecule is Cc1nc(-c2ccc(Cl)cc2)sc1C(C)NC(=O)N(C)CC(C)C(=O)O. The van der Waals surface area contributed by atoms with E-state index in [1.165, 1.54) is 16.2 Å². The van der Waals surface area contributed by atoms with E-state index in [1.807, 2.05) is 38.1 Å². The third kappa shape index (κ3) is 4.95. The number of aliphatic carboxylic acids is 1. The molecule has 0 bridgehead atoms. The van der Waals surface area contributed by atoms with Crippen LogP contribution in [0.2, 0.25) is 5.02 Å². The molecule has 2 atom stereocenters. The van der Waals surface area contributed by atoms with Gasteiger partial charge in [-0.2, -0.15) is 0 Å². The minimum Gasteiger partial charge on any atom is -0.481 e. The second-order valence-electron chi connectivity index (χ2n) is 6.27. The molecule has 1 heterocycles. The van der Waals surface area contributed by atoms with E-state index in [9.17, 15) is 9.59 Å².